The summed E-state index contributed by atoms with van der Waals surface area (Å²) in [5.41, 5.74) is 5.14. The molecule has 0 atom stereocenters. The molecule has 0 aliphatic carbocycles. The molecular formula is C23H29N5. The second-order valence-electron chi connectivity index (χ2n) is 9.05. The lowest BCUT2D eigenvalue weighted by Gasteiger charge is -2.37. The van der Waals surface area contributed by atoms with E-state index in [-0.39, 0.29) is 0 Å². The zero-order valence-corrected chi connectivity index (χ0v) is 17.0. The first-order chi connectivity index (χ1) is 13.6. The first-order valence-corrected chi connectivity index (χ1v) is 10.6. The molecule has 0 radical (unpaired) electrons. The van der Waals surface area contributed by atoms with Crippen molar-refractivity contribution in [1.82, 2.24) is 9.97 Å². The molecule has 1 saturated heterocycles. The van der Waals surface area contributed by atoms with Gasteiger partial charge in [-0.2, -0.15) is 0 Å². The van der Waals surface area contributed by atoms with Crippen molar-refractivity contribution in [2.24, 2.45) is 10.4 Å². The van der Waals surface area contributed by atoms with E-state index >= 15 is 0 Å². The van der Waals surface area contributed by atoms with E-state index in [9.17, 15) is 0 Å². The largest absolute Gasteiger partial charge is 0.355 e. The summed E-state index contributed by atoms with van der Waals surface area (Å²) in [7, 11) is 0. The number of aromatic nitrogens is 2. The van der Waals surface area contributed by atoms with Crippen LogP contribution in [0.1, 0.15) is 56.5 Å². The van der Waals surface area contributed by atoms with Crippen LogP contribution in [0.4, 0.5) is 11.5 Å². The van der Waals surface area contributed by atoms with Crippen LogP contribution < -0.4 is 9.80 Å². The van der Waals surface area contributed by atoms with E-state index in [0.717, 1.165) is 49.1 Å². The first kappa shape index (κ1) is 17.7. The monoisotopic (exact) mass is 375 g/mol. The Hall–Kier alpha value is -2.43. The third-order valence-corrected chi connectivity index (χ3v) is 6.48. The van der Waals surface area contributed by atoms with Crippen molar-refractivity contribution in [2.45, 2.75) is 52.5 Å². The SMILES string of the molecule is CC1(C)CCN(c2cnc3c(n2)CN=C3N2CCCCc3ccccc32)CC1. The lowest BCUT2D eigenvalue weighted by Crippen LogP contribution is -2.38. The molecule has 2 aromatic rings. The zero-order chi connectivity index (χ0) is 19.1. The molecular weight excluding hydrogens is 346 g/mol. The average Bonchev–Trinajstić information content (AvgIpc) is 3.00. The number of para-hydroxylation sites is 1. The predicted octanol–water partition coefficient (Wildman–Crippen LogP) is 4.21. The first-order valence-electron chi connectivity index (χ1n) is 10.6. The molecule has 0 N–H and O–H groups in total. The van der Waals surface area contributed by atoms with Gasteiger partial charge in [0.05, 0.1) is 18.4 Å². The van der Waals surface area contributed by atoms with Gasteiger partial charge in [-0.05, 0) is 49.1 Å². The van der Waals surface area contributed by atoms with Crippen molar-refractivity contribution >= 4 is 17.3 Å². The molecule has 3 aliphatic heterocycles. The van der Waals surface area contributed by atoms with E-state index in [2.05, 4.69) is 47.9 Å². The van der Waals surface area contributed by atoms with Gasteiger partial charge in [-0.3, -0.25) is 4.99 Å². The smallest absolute Gasteiger partial charge is 0.156 e. The van der Waals surface area contributed by atoms with Gasteiger partial charge in [0.2, 0.25) is 0 Å². The molecule has 0 amide bonds. The number of nitrogens with zero attached hydrogens (tertiary/aromatic N) is 5. The Labute approximate surface area is 167 Å². The number of benzene rings is 1. The highest BCUT2D eigenvalue weighted by Crippen LogP contribution is 2.33. The topological polar surface area (TPSA) is 44.6 Å². The molecule has 5 heteroatoms. The maximum Gasteiger partial charge on any atom is 0.156 e. The summed E-state index contributed by atoms with van der Waals surface area (Å²) in [5, 5.41) is 0. The van der Waals surface area contributed by atoms with Gasteiger partial charge in [0.15, 0.2) is 5.84 Å². The number of hydrogen-bond acceptors (Lipinski definition) is 5. The minimum atomic E-state index is 0.442. The summed E-state index contributed by atoms with van der Waals surface area (Å²) >= 11 is 0. The molecule has 0 spiro atoms. The molecule has 0 saturated carbocycles. The minimum absolute atomic E-state index is 0.442. The summed E-state index contributed by atoms with van der Waals surface area (Å²) in [5.74, 6) is 2.02. The average molecular weight is 376 g/mol. The van der Waals surface area contributed by atoms with Crippen LogP contribution >= 0.6 is 0 Å². The van der Waals surface area contributed by atoms with Crippen LogP contribution in [0.3, 0.4) is 0 Å². The fraction of sp³-hybridized carbons (Fsp3) is 0.522. The molecule has 0 bridgehead atoms. The zero-order valence-electron chi connectivity index (χ0n) is 17.0. The van der Waals surface area contributed by atoms with E-state index in [1.54, 1.807) is 0 Å². The van der Waals surface area contributed by atoms with Crippen LogP contribution in [0.25, 0.3) is 0 Å². The Morgan fingerprint density at radius 3 is 2.68 bits per heavy atom. The summed E-state index contributed by atoms with van der Waals surface area (Å²) in [6.07, 6.45) is 7.92. The van der Waals surface area contributed by atoms with Gasteiger partial charge in [-0.1, -0.05) is 32.0 Å². The van der Waals surface area contributed by atoms with Crippen LogP contribution in [0, 0.1) is 5.41 Å². The normalized spacial score (nSPS) is 21.0. The van der Waals surface area contributed by atoms with Crippen LogP contribution in [-0.2, 0) is 13.0 Å². The summed E-state index contributed by atoms with van der Waals surface area (Å²) in [6, 6.07) is 8.73. The standard InChI is InChI=1S/C23H29N5/c1-23(2)10-13-27(14-11-23)20-16-24-21-18(26-20)15-25-22(21)28-12-6-5-8-17-7-3-4-9-19(17)28/h3-4,7,9,16H,5-6,8,10-15H2,1-2H3. The number of fused-ring (bicyclic) bond motifs is 2. The fourth-order valence-corrected chi connectivity index (χ4v) is 4.56. The highest BCUT2D eigenvalue weighted by molar-refractivity contribution is 6.11. The van der Waals surface area contributed by atoms with Gasteiger partial charge in [-0.15, -0.1) is 0 Å². The Bertz CT molecular complexity index is 907. The molecule has 1 aromatic heterocycles. The van der Waals surface area contributed by atoms with Crippen molar-refractivity contribution in [3.05, 3.63) is 47.4 Å². The summed E-state index contributed by atoms with van der Waals surface area (Å²) in [6.45, 7) is 8.49. The Morgan fingerprint density at radius 2 is 1.82 bits per heavy atom. The van der Waals surface area contributed by atoms with Crippen LogP contribution in [0.2, 0.25) is 0 Å². The van der Waals surface area contributed by atoms with E-state index in [4.69, 9.17) is 15.0 Å². The Balaban J connectivity index is 1.41. The Kier molecular flexibility index (Phi) is 4.33. The number of amidine groups is 1. The molecule has 1 aromatic carbocycles. The maximum atomic E-state index is 4.97. The van der Waals surface area contributed by atoms with Gasteiger partial charge in [-0.25, -0.2) is 9.97 Å². The van der Waals surface area contributed by atoms with Crippen molar-refractivity contribution < 1.29 is 0 Å². The van der Waals surface area contributed by atoms with Gasteiger partial charge < -0.3 is 9.80 Å². The van der Waals surface area contributed by atoms with Crippen LogP contribution in [-0.4, -0.2) is 35.4 Å². The van der Waals surface area contributed by atoms with Crippen molar-refractivity contribution in [1.29, 1.82) is 0 Å². The summed E-state index contributed by atoms with van der Waals surface area (Å²) in [4.78, 5) is 19.5. The van der Waals surface area contributed by atoms with E-state index < -0.39 is 0 Å². The summed E-state index contributed by atoms with van der Waals surface area (Å²) < 4.78 is 0. The van der Waals surface area contributed by atoms with Crippen LogP contribution in [0.15, 0.2) is 35.5 Å². The number of piperidine rings is 1. The quantitative estimate of drug-likeness (QED) is 0.749. The van der Waals surface area contributed by atoms with Gasteiger partial charge in [0.1, 0.15) is 11.5 Å². The number of aryl methyl sites for hydroxylation is 1. The van der Waals surface area contributed by atoms with Crippen molar-refractivity contribution in [2.75, 3.05) is 29.4 Å². The second-order valence-corrected chi connectivity index (χ2v) is 9.05. The highest BCUT2D eigenvalue weighted by Gasteiger charge is 2.30. The number of hydrogen-bond donors (Lipinski definition) is 0. The predicted molar refractivity (Wildman–Crippen MR) is 114 cm³/mol. The second kappa shape index (κ2) is 6.87. The maximum absolute atomic E-state index is 4.97. The van der Waals surface area contributed by atoms with Gasteiger partial charge in [0.25, 0.3) is 0 Å². The molecule has 146 valence electrons. The Morgan fingerprint density at radius 1 is 1.00 bits per heavy atom. The van der Waals surface area contributed by atoms with Gasteiger partial charge in [0, 0.05) is 25.3 Å². The van der Waals surface area contributed by atoms with E-state index in [1.807, 2.05) is 6.20 Å². The molecule has 5 rings (SSSR count). The highest BCUT2D eigenvalue weighted by atomic mass is 15.2. The van der Waals surface area contributed by atoms with Crippen molar-refractivity contribution in [3.8, 4) is 0 Å². The molecule has 28 heavy (non-hydrogen) atoms. The lowest BCUT2D eigenvalue weighted by molar-refractivity contribution is 0.279. The third kappa shape index (κ3) is 3.17. The fourth-order valence-electron chi connectivity index (χ4n) is 4.56. The third-order valence-electron chi connectivity index (χ3n) is 6.48. The van der Waals surface area contributed by atoms with E-state index in [0.29, 0.717) is 12.0 Å². The number of rotatable bonds is 1. The number of anilines is 2. The number of aliphatic imine (C=N–C) groups is 1. The lowest BCUT2D eigenvalue weighted by atomic mass is 9.83. The molecule has 4 heterocycles. The van der Waals surface area contributed by atoms with Crippen LogP contribution in [0.5, 0.6) is 0 Å². The molecule has 3 aliphatic rings. The minimum Gasteiger partial charge on any atom is -0.355 e. The van der Waals surface area contributed by atoms with Gasteiger partial charge >= 0.3 is 0 Å². The van der Waals surface area contributed by atoms with E-state index in [1.165, 1.54) is 36.9 Å². The van der Waals surface area contributed by atoms with Crippen molar-refractivity contribution in [3.63, 3.8) is 0 Å². The molecule has 0 unspecified atom stereocenters. The molecule has 5 nitrogen and oxygen atoms in total. The molecule has 1 fully saturated rings.